The molecule has 4 rings (SSSR count). The molecule has 0 spiro atoms. The van der Waals surface area contributed by atoms with Crippen molar-refractivity contribution in [3.63, 3.8) is 0 Å². The molecule has 0 amide bonds. The summed E-state index contributed by atoms with van der Waals surface area (Å²) in [6, 6.07) is 42.7. The third-order valence-electron chi connectivity index (χ3n) is 4.79. The van der Waals surface area contributed by atoms with Crippen LogP contribution < -0.4 is 15.9 Å². The Morgan fingerprint density at radius 3 is 0.926 bits per heavy atom. The van der Waals surface area contributed by atoms with Crippen LogP contribution in [0.1, 0.15) is 0 Å². The Morgan fingerprint density at radius 2 is 0.704 bits per heavy atom. The van der Waals surface area contributed by atoms with E-state index in [0.717, 1.165) is 4.47 Å². The Morgan fingerprint density at radius 1 is 0.444 bits per heavy atom. The van der Waals surface area contributed by atoms with Gasteiger partial charge in [-0.1, -0.05) is 34.1 Å². The average Bonchev–Trinajstić information content (AvgIpc) is 2.76. The van der Waals surface area contributed by atoms with Crippen molar-refractivity contribution in [1.29, 1.82) is 0 Å². The van der Waals surface area contributed by atoms with Crippen molar-refractivity contribution in [3.8, 4) is 0 Å². The van der Waals surface area contributed by atoms with Crippen molar-refractivity contribution in [1.82, 2.24) is 0 Å². The van der Waals surface area contributed by atoms with Crippen LogP contribution in [0.4, 0.5) is 0 Å². The summed E-state index contributed by atoms with van der Waals surface area (Å²) >= 11 is 3.31. The molecule has 2 heteroatoms. The van der Waals surface area contributed by atoms with Crippen LogP contribution in [0.25, 0.3) is 0 Å². The summed E-state index contributed by atoms with van der Waals surface area (Å²) in [4.78, 5) is 0. The quantitative estimate of drug-likeness (QED) is 0.358. The number of hydrogen-bond acceptors (Lipinski definition) is 0. The second-order valence-corrected chi connectivity index (χ2v) is 11.4. The van der Waals surface area contributed by atoms with Gasteiger partial charge < -0.3 is 0 Å². The first-order chi connectivity index (χ1) is 13.2. The molecule has 0 fully saturated rings. The molecular formula is C25H24BrP. The van der Waals surface area contributed by atoms with Crippen LogP contribution in [-0.2, 0) is 0 Å². The Hall–Kier alpha value is -2.21. The number of halogens is 1. The first kappa shape index (κ1) is 19.5. The predicted molar refractivity (Wildman–Crippen MR) is 127 cm³/mol. The fourth-order valence-electron chi connectivity index (χ4n) is 3.23. The number of hydrogen-bond donors (Lipinski definition) is 0. The van der Waals surface area contributed by atoms with Gasteiger partial charge in [-0.05, 0) is 12.1 Å². The summed E-state index contributed by atoms with van der Waals surface area (Å²) in [6.07, 6.45) is 0. The SMILES string of the molecule is Brc1ccccc1.C[PH](c1ccccc1)(c1ccccc1)c1ccccc1. The predicted octanol–water partition coefficient (Wildman–Crippen LogP) is 5.79. The fraction of sp³-hybridized carbons (Fsp3) is 0.0400. The van der Waals surface area contributed by atoms with Crippen molar-refractivity contribution >= 4 is 39.1 Å². The summed E-state index contributed by atoms with van der Waals surface area (Å²) < 4.78 is 1.13. The number of benzene rings is 4. The molecule has 0 N–H and O–H groups in total. The van der Waals surface area contributed by atoms with E-state index in [1.54, 1.807) is 0 Å². The molecule has 0 aliphatic rings. The minimum atomic E-state index is -1.88. The zero-order chi connectivity index (χ0) is 19.0. The molecule has 0 saturated heterocycles. The molecular weight excluding hydrogens is 411 g/mol. The zero-order valence-electron chi connectivity index (χ0n) is 15.4. The van der Waals surface area contributed by atoms with Crippen molar-refractivity contribution in [2.45, 2.75) is 0 Å². The standard InChI is InChI=1S/C19H19P.C6H5Br/c1-20(17-11-5-2-6-12-17,18-13-7-3-8-14-18)19-15-9-4-10-16-19;7-6-4-2-1-3-5-6/h2-16,20H,1H3;1-5H. The van der Waals surface area contributed by atoms with Crippen LogP contribution in [0, 0.1) is 0 Å². The Kier molecular flexibility index (Phi) is 6.98. The second-order valence-electron chi connectivity index (χ2n) is 6.52. The average molecular weight is 435 g/mol. The Bertz CT molecular complexity index is 826. The molecule has 0 nitrogen and oxygen atoms in total. The minimum absolute atomic E-state index is 1.13. The number of rotatable bonds is 3. The first-order valence-electron chi connectivity index (χ1n) is 9.08. The maximum atomic E-state index is 3.31. The normalized spacial score (nSPS) is 11.2. The molecule has 0 unspecified atom stereocenters. The van der Waals surface area contributed by atoms with Gasteiger partial charge in [0.25, 0.3) is 0 Å². The summed E-state index contributed by atoms with van der Waals surface area (Å²) in [5, 5.41) is 4.37. The third kappa shape index (κ3) is 4.95. The van der Waals surface area contributed by atoms with Crippen LogP contribution >= 0.6 is 23.2 Å². The summed E-state index contributed by atoms with van der Waals surface area (Å²) in [7, 11) is -1.88. The van der Waals surface area contributed by atoms with Gasteiger partial charge in [0, 0.05) is 4.47 Å². The first-order valence-corrected chi connectivity index (χ1v) is 12.4. The van der Waals surface area contributed by atoms with Gasteiger partial charge in [0.15, 0.2) is 0 Å². The van der Waals surface area contributed by atoms with Crippen molar-refractivity contribution in [2.75, 3.05) is 6.66 Å². The van der Waals surface area contributed by atoms with E-state index in [1.807, 2.05) is 30.3 Å². The monoisotopic (exact) mass is 434 g/mol. The molecule has 0 aromatic heterocycles. The molecule has 0 atom stereocenters. The molecule has 0 heterocycles. The van der Waals surface area contributed by atoms with Crippen LogP contribution in [0.2, 0.25) is 0 Å². The zero-order valence-corrected chi connectivity index (χ0v) is 18.0. The van der Waals surface area contributed by atoms with Gasteiger partial charge in [-0.25, -0.2) is 0 Å². The van der Waals surface area contributed by atoms with Crippen LogP contribution in [0.15, 0.2) is 126 Å². The maximum absolute atomic E-state index is 3.31. The van der Waals surface area contributed by atoms with Gasteiger partial charge >= 0.3 is 121 Å². The van der Waals surface area contributed by atoms with E-state index in [9.17, 15) is 0 Å². The van der Waals surface area contributed by atoms with Crippen LogP contribution in [0.5, 0.6) is 0 Å². The topological polar surface area (TPSA) is 0 Å². The van der Waals surface area contributed by atoms with Gasteiger partial charge in [-0.3, -0.25) is 0 Å². The van der Waals surface area contributed by atoms with Crippen LogP contribution in [-0.4, -0.2) is 6.66 Å². The third-order valence-corrected chi connectivity index (χ3v) is 9.78. The van der Waals surface area contributed by atoms with E-state index < -0.39 is 7.26 Å². The molecule has 27 heavy (non-hydrogen) atoms. The fourth-order valence-corrected chi connectivity index (χ4v) is 7.11. The van der Waals surface area contributed by atoms with E-state index >= 15 is 0 Å². The van der Waals surface area contributed by atoms with Gasteiger partial charge in [-0.2, -0.15) is 0 Å². The molecule has 0 saturated carbocycles. The van der Waals surface area contributed by atoms with Crippen molar-refractivity contribution in [3.05, 3.63) is 126 Å². The van der Waals surface area contributed by atoms with E-state index in [0.29, 0.717) is 0 Å². The molecule has 0 aliphatic carbocycles. The summed E-state index contributed by atoms with van der Waals surface area (Å²) in [5.41, 5.74) is 0. The second kappa shape index (κ2) is 9.65. The Balaban J connectivity index is 0.000000253. The summed E-state index contributed by atoms with van der Waals surface area (Å²) in [5.74, 6) is 0. The Labute approximate surface area is 171 Å². The molecule has 136 valence electrons. The van der Waals surface area contributed by atoms with Crippen molar-refractivity contribution < 1.29 is 0 Å². The van der Waals surface area contributed by atoms with Gasteiger partial charge in [-0.15, -0.1) is 0 Å². The molecule has 4 aromatic carbocycles. The van der Waals surface area contributed by atoms with E-state index in [-0.39, 0.29) is 0 Å². The van der Waals surface area contributed by atoms with E-state index in [1.165, 1.54) is 15.9 Å². The molecule has 4 aromatic rings. The molecule has 0 aliphatic heterocycles. The van der Waals surface area contributed by atoms with Crippen molar-refractivity contribution in [2.24, 2.45) is 0 Å². The van der Waals surface area contributed by atoms with Gasteiger partial charge in [0.2, 0.25) is 0 Å². The van der Waals surface area contributed by atoms with Crippen LogP contribution in [0.3, 0.4) is 0 Å². The van der Waals surface area contributed by atoms with Gasteiger partial charge in [0.1, 0.15) is 0 Å². The summed E-state index contributed by atoms with van der Waals surface area (Å²) in [6.45, 7) is 2.44. The van der Waals surface area contributed by atoms with E-state index in [4.69, 9.17) is 0 Å². The van der Waals surface area contributed by atoms with Gasteiger partial charge in [0.05, 0.1) is 0 Å². The molecule has 0 radical (unpaired) electrons. The van der Waals surface area contributed by atoms with E-state index in [2.05, 4.69) is 114 Å². The molecule has 0 bridgehead atoms.